The Balaban J connectivity index is 1.58. The number of allylic oxidation sites excluding steroid dienone is 2. The average Bonchev–Trinajstić information content (AvgIpc) is 2.74. The van der Waals surface area contributed by atoms with Crippen LogP contribution in [0.15, 0.2) is 60.4 Å². The molecule has 0 N–H and O–H groups in total. The van der Waals surface area contributed by atoms with Crippen LogP contribution in [0.2, 0.25) is 0 Å². The molecule has 1 fully saturated rings. The number of carbonyl (C=O) groups is 2. The maximum atomic E-state index is 13.2. The number of Topliss-reactive ketones (excluding diaryl/α,β-unsaturated/α-hetero) is 1. The zero-order valence-corrected chi connectivity index (χ0v) is 16.8. The molecule has 150 valence electrons. The zero-order valence-electron chi connectivity index (χ0n) is 16.8. The van der Waals surface area contributed by atoms with Crippen molar-refractivity contribution in [3.05, 3.63) is 71.5 Å². The fourth-order valence-electron chi connectivity index (χ4n) is 4.60. The molecule has 4 atom stereocenters. The summed E-state index contributed by atoms with van der Waals surface area (Å²) in [5, 5.41) is 0. The predicted molar refractivity (Wildman–Crippen MR) is 108 cm³/mol. The number of fused-ring (bicyclic) bond motifs is 1. The van der Waals surface area contributed by atoms with Crippen LogP contribution in [0.4, 0.5) is 0 Å². The van der Waals surface area contributed by atoms with E-state index in [-0.39, 0.29) is 41.7 Å². The predicted octanol–water partition coefficient (Wildman–Crippen LogP) is 3.92. The van der Waals surface area contributed by atoms with Gasteiger partial charge in [0.15, 0.2) is 23.0 Å². The molecule has 0 aromatic heterocycles. The van der Waals surface area contributed by atoms with Crippen molar-refractivity contribution in [2.24, 2.45) is 17.8 Å². The van der Waals surface area contributed by atoms with Crippen LogP contribution < -0.4 is 9.47 Å². The van der Waals surface area contributed by atoms with Gasteiger partial charge in [0.25, 0.3) is 0 Å². The molecule has 5 nitrogen and oxygen atoms in total. The van der Waals surface area contributed by atoms with Crippen LogP contribution in [-0.4, -0.2) is 25.8 Å². The zero-order chi connectivity index (χ0) is 20.5. The highest BCUT2D eigenvalue weighted by molar-refractivity contribution is 6.11. The van der Waals surface area contributed by atoms with Crippen LogP contribution in [-0.2, 0) is 20.9 Å². The van der Waals surface area contributed by atoms with E-state index in [1.54, 1.807) is 14.2 Å². The molecule has 0 aliphatic heterocycles. The van der Waals surface area contributed by atoms with Crippen LogP contribution in [0.5, 0.6) is 11.5 Å². The Morgan fingerprint density at radius 3 is 2.28 bits per heavy atom. The second-order valence-corrected chi connectivity index (χ2v) is 7.60. The standard InChI is InChI=1S/C24H24O5/c1-14-21(16-9-10-18(27-2)19(11-16)28-3)23-22(14)17(25)12-20(24(23)26)29-13-15-7-5-4-6-8-15/h4-12,14,21-23H,13H2,1-3H3/t14-,21+,22?,23?/m1/s1. The van der Waals surface area contributed by atoms with Crippen LogP contribution >= 0.6 is 0 Å². The van der Waals surface area contributed by atoms with Crippen molar-refractivity contribution in [3.8, 4) is 11.5 Å². The molecule has 0 saturated heterocycles. The first-order valence-electron chi connectivity index (χ1n) is 9.73. The summed E-state index contributed by atoms with van der Waals surface area (Å²) in [7, 11) is 3.17. The van der Waals surface area contributed by atoms with Crippen LogP contribution in [0.3, 0.4) is 0 Å². The Kier molecular flexibility index (Phi) is 5.14. The molecule has 0 spiro atoms. The van der Waals surface area contributed by atoms with Gasteiger partial charge in [0.1, 0.15) is 6.61 Å². The molecular formula is C24H24O5. The summed E-state index contributed by atoms with van der Waals surface area (Å²) < 4.78 is 16.5. The Morgan fingerprint density at radius 2 is 1.59 bits per heavy atom. The van der Waals surface area contributed by atoms with Gasteiger partial charge in [-0.15, -0.1) is 0 Å². The average molecular weight is 392 g/mol. The number of hydrogen-bond acceptors (Lipinski definition) is 5. The van der Waals surface area contributed by atoms with Crippen molar-refractivity contribution in [2.45, 2.75) is 19.4 Å². The van der Waals surface area contributed by atoms with Crippen molar-refractivity contribution >= 4 is 11.6 Å². The highest BCUT2D eigenvalue weighted by atomic mass is 16.5. The van der Waals surface area contributed by atoms with E-state index in [2.05, 4.69) is 0 Å². The van der Waals surface area contributed by atoms with Gasteiger partial charge in [0, 0.05) is 17.9 Å². The van der Waals surface area contributed by atoms with Crippen molar-refractivity contribution in [1.82, 2.24) is 0 Å². The molecule has 0 amide bonds. The van der Waals surface area contributed by atoms with Crippen LogP contribution in [0.1, 0.15) is 24.0 Å². The van der Waals surface area contributed by atoms with Gasteiger partial charge >= 0.3 is 0 Å². The van der Waals surface area contributed by atoms with E-state index in [0.717, 1.165) is 11.1 Å². The highest BCUT2D eigenvalue weighted by Crippen LogP contribution is 2.56. The molecule has 2 aliphatic rings. The molecule has 2 aromatic carbocycles. The normalized spacial score (nSPS) is 25.6. The number of hydrogen-bond donors (Lipinski definition) is 0. The summed E-state index contributed by atoms with van der Waals surface area (Å²) in [5.41, 5.74) is 1.93. The first-order valence-corrected chi connectivity index (χ1v) is 9.73. The lowest BCUT2D eigenvalue weighted by atomic mass is 9.51. The summed E-state index contributed by atoms with van der Waals surface area (Å²) in [6.07, 6.45) is 1.38. The first-order chi connectivity index (χ1) is 14.0. The molecule has 0 bridgehead atoms. The topological polar surface area (TPSA) is 61.8 Å². The van der Waals surface area contributed by atoms with Crippen molar-refractivity contribution < 1.29 is 23.8 Å². The SMILES string of the molecule is COc1ccc([C@H]2C3C(=O)C(OCc4ccccc4)=CC(=O)C3[C@@H]2C)cc1OC. The fraction of sp³-hybridized carbons (Fsp3) is 0.333. The van der Waals surface area contributed by atoms with Gasteiger partial charge in [0.05, 0.1) is 14.2 Å². The summed E-state index contributed by atoms with van der Waals surface area (Å²) in [6, 6.07) is 15.3. The summed E-state index contributed by atoms with van der Waals surface area (Å²) in [6.45, 7) is 2.29. The van der Waals surface area contributed by atoms with Gasteiger partial charge in [-0.25, -0.2) is 0 Å². The second-order valence-electron chi connectivity index (χ2n) is 7.60. The monoisotopic (exact) mass is 392 g/mol. The van der Waals surface area contributed by atoms with Crippen LogP contribution in [0.25, 0.3) is 0 Å². The second kappa shape index (κ2) is 7.74. The minimum absolute atomic E-state index is 0.0260. The Bertz CT molecular complexity index is 962. The van der Waals surface area contributed by atoms with Gasteiger partial charge in [-0.3, -0.25) is 9.59 Å². The maximum Gasteiger partial charge on any atom is 0.201 e. The molecule has 1 saturated carbocycles. The van der Waals surface area contributed by atoms with Gasteiger partial charge in [0.2, 0.25) is 5.78 Å². The van der Waals surface area contributed by atoms with E-state index in [0.29, 0.717) is 11.5 Å². The molecule has 4 rings (SSSR count). The van der Waals surface area contributed by atoms with Crippen molar-refractivity contribution in [3.63, 3.8) is 0 Å². The number of benzene rings is 2. The quantitative estimate of drug-likeness (QED) is 0.746. The number of ether oxygens (including phenoxy) is 3. The number of ketones is 2. The van der Waals surface area contributed by atoms with Gasteiger partial charge in [-0.1, -0.05) is 43.3 Å². The van der Waals surface area contributed by atoms with Gasteiger partial charge in [-0.2, -0.15) is 0 Å². The Hall–Kier alpha value is -3.08. The fourth-order valence-corrected chi connectivity index (χ4v) is 4.60. The van der Waals surface area contributed by atoms with E-state index in [1.165, 1.54) is 6.08 Å². The van der Waals surface area contributed by atoms with Gasteiger partial charge < -0.3 is 14.2 Å². The third-order valence-corrected chi connectivity index (χ3v) is 6.08. The van der Waals surface area contributed by atoms with E-state index >= 15 is 0 Å². The Morgan fingerprint density at radius 1 is 0.862 bits per heavy atom. The van der Waals surface area contributed by atoms with E-state index in [9.17, 15) is 9.59 Å². The maximum absolute atomic E-state index is 13.2. The number of methoxy groups -OCH3 is 2. The summed E-state index contributed by atoms with van der Waals surface area (Å²) in [5.74, 6) is 0.629. The molecule has 2 aromatic rings. The molecule has 2 unspecified atom stereocenters. The minimum atomic E-state index is -0.397. The Labute approximate surface area is 170 Å². The molecule has 0 radical (unpaired) electrons. The largest absolute Gasteiger partial charge is 0.493 e. The highest BCUT2D eigenvalue weighted by Gasteiger charge is 2.57. The van der Waals surface area contributed by atoms with E-state index < -0.39 is 5.92 Å². The number of carbonyl (C=O) groups excluding carboxylic acids is 2. The first kappa shape index (κ1) is 19.2. The van der Waals surface area contributed by atoms with Crippen LogP contribution in [0, 0.1) is 17.8 Å². The lowest BCUT2D eigenvalue weighted by Gasteiger charge is -2.50. The van der Waals surface area contributed by atoms with Crippen molar-refractivity contribution in [2.75, 3.05) is 14.2 Å². The summed E-state index contributed by atoms with van der Waals surface area (Å²) in [4.78, 5) is 25.8. The van der Waals surface area contributed by atoms with E-state index in [4.69, 9.17) is 14.2 Å². The number of rotatable bonds is 6. The molecule has 5 heteroatoms. The molecule has 0 heterocycles. The third kappa shape index (κ3) is 3.31. The molecular weight excluding hydrogens is 368 g/mol. The minimum Gasteiger partial charge on any atom is -0.493 e. The molecule has 2 aliphatic carbocycles. The summed E-state index contributed by atoms with van der Waals surface area (Å²) >= 11 is 0. The van der Waals surface area contributed by atoms with Gasteiger partial charge in [-0.05, 0) is 35.1 Å². The smallest absolute Gasteiger partial charge is 0.201 e. The van der Waals surface area contributed by atoms with Crippen molar-refractivity contribution in [1.29, 1.82) is 0 Å². The third-order valence-electron chi connectivity index (χ3n) is 6.08. The lowest BCUT2D eigenvalue weighted by molar-refractivity contribution is -0.145. The lowest BCUT2D eigenvalue weighted by Crippen LogP contribution is -2.53. The molecule has 29 heavy (non-hydrogen) atoms. The van der Waals surface area contributed by atoms with E-state index in [1.807, 2.05) is 55.5 Å².